The first-order valence-electron chi connectivity index (χ1n) is 5.83. The minimum absolute atomic E-state index is 0.136. The Morgan fingerprint density at radius 3 is 2.80 bits per heavy atom. The van der Waals surface area contributed by atoms with Gasteiger partial charge in [0.2, 0.25) is 0 Å². The molecule has 1 nitrogen and oxygen atoms in total. The molecule has 1 saturated carbocycles. The average Bonchev–Trinajstić information content (AvgIpc) is 2.45. The van der Waals surface area contributed by atoms with Gasteiger partial charge in [-0.25, -0.2) is 0 Å². The van der Waals surface area contributed by atoms with E-state index < -0.39 is 0 Å². The largest absolute Gasteiger partial charge is 0.396 e. The molecule has 1 N–H and O–H groups in total. The number of hydrogen-bond acceptors (Lipinski definition) is 1. The number of aliphatic hydroxyl groups is 1. The van der Waals surface area contributed by atoms with Crippen molar-refractivity contribution in [2.24, 2.45) is 11.3 Å². The predicted octanol–water partition coefficient (Wildman–Crippen LogP) is 2.52. The zero-order valence-electron chi connectivity index (χ0n) is 9.46. The van der Waals surface area contributed by atoms with E-state index >= 15 is 0 Å². The summed E-state index contributed by atoms with van der Waals surface area (Å²) in [6.45, 7) is 4.94. The highest BCUT2D eigenvalue weighted by Crippen LogP contribution is 2.67. The molecule has 0 spiro atoms. The molecular weight excluding hydrogens is 184 g/mol. The Morgan fingerprint density at radius 2 is 2.13 bits per heavy atom. The fourth-order valence-electron chi connectivity index (χ4n) is 4.11. The molecule has 3 atom stereocenters. The molecule has 80 valence electrons. The highest BCUT2D eigenvalue weighted by Gasteiger charge is 2.64. The second-order valence-electron chi connectivity index (χ2n) is 5.59. The standard InChI is InChI=1S/C14H18O/c1-10-7-13(2)12-6-4-3-5-11(12)8-14(10,13)9-15/h3-6,10,15H,7-9H2,1-2H3/t10-,13-,14+/m1/s1. The molecule has 0 aromatic heterocycles. The third kappa shape index (κ3) is 0.844. The van der Waals surface area contributed by atoms with Gasteiger partial charge in [0.15, 0.2) is 0 Å². The molecule has 3 rings (SSSR count). The molecule has 0 radical (unpaired) electrons. The number of hydrogen-bond donors (Lipinski definition) is 1. The minimum atomic E-state index is 0.136. The van der Waals surface area contributed by atoms with Crippen LogP contribution in [0.1, 0.15) is 31.4 Å². The molecule has 0 unspecified atom stereocenters. The summed E-state index contributed by atoms with van der Waals surface area (Å²) in [6, 6.07) is 8.71. The number of benzene rings is 1. The first kappa shape index (κ1) is 9.41. The fraction of sp³-hybridized carbons (Fsp3) is 0.571. The predicted molar refractivity (Wildman–Crippen MR) is 60.8 cm³/mol. The van der Waals surface area contributed by atoms with Gasteiger partial charge in [0.1, 0.15) is 0 Å². The summed E-state index contributed by atoms with van der Waals surface area (Å²) in [7, 11) is 0. The molecule has 0 aliphatic heterocycles. The van der Waals surface area contributed by atoms with E-state index in [1.165, 1.54) is 17.5 Å². The van der Waals surface area contributed by atoms with Crippen molar-refractivity contribution in [3.63, 3.8) is 0 Å². The molecule has 1 fully saturated rings. The van der Waals surface area contributed by atoms with E-state index in [-0.39, 0.29) is 10.8 Å². The lowest BCUT2D eigenvalue weighted by Gasteiger charge is -2.58. The first-order chi connectivity index (χ1) is 7.14. The van der Waals surface area contributed by atoms with Gasteiger partial charge in [-0.3, -0.25) is 0 Å². The van der Waals surface area contributed by atoms with Crippen molar-refractivity contribution < 1.29 is 5.11 Å². The summed E-state index contributed by atoms with van der Waals surface area (Å²) in [6.07, 6.45) is 2.29. The van der Waals surface area contributed by atoms with Crippen molar-refractivity contribution in [2.45, 2.75) is 32.1 Å². The number of fused-ring (bicyclic) bond motifs is 3. The molecule has 0 saturated heterocycles. The van der Waals surface area contributed by atoms with Crippen LogP contribution in [0.4, 0.5) is 0 Å². The Labute approximate surface area is 91.1 Å². The van der Waals surface area contributed by atoms with Gasteiger partial charge in [-0.05, 0) is 29.9 Å². The smallest absolute Gasteiger partial charge is 0.0501 e. The first-order valence-corrected chi connectivity index (χ1v) is 5.83. The summed E-state index contributed by atoms with van der Waals surface area (Å²) >= 11 is 0. The molecule has 15 heavy (non-hydrogen) atoms. The van der Waals surface area contributed by atoms with Gasteiger partial charge in [-0.2, -0.15) is 0 Å². The zero-order valence-corrected chi connectivity index (χ0v) is 9.46. The van der Waals surface area contributed by atoms with E-state index in [0.717, 1.165) is 6.42 Å². The van der Waals surface area contributed by atoms with Crippen LogP contribution >= 0.6 is 0 Å². The summed E-state index contributed by atoms with van der Waals surface area (Å²) < 4.78 is 0. The molecular formula is C14H18O. The third-order valence-corrected chi connectivity index (χ3v) is 5.16. The van der Waals surface area contributed by atoms with Crippen molar-refractivity contribution in [3.05, 3.63) is 35.4 Å². The van der Waals surface area contributed by atoms with Crippen molar-refractivity contribution in [2.75, 3.05) is 6.61 Å². The average molecular weight is 202 g/mol. The van der Waals surface area contributed by atoms with Crippen LogP contribution in [0.15, 0.2) is 24.3 Å². The SMILES string of the molecule is C[C@@H]1C[C@]2(C)c3ccccc3C[C@]12CO. The third-order valence-electron chi connectivity index (χ3n) is 5.16. The van der Waals surface area contributed by atoms with E-state index in [9.17, 15) is 5.11 Å². The molecule has 1 aromatic carbocycles. The van der Waals surface area contributed by atoms with E-state index in [1.54, 1.807) is 0 Å². The summed E-state index contributed by atoms with van der Waals surface area (Å²) in [4.78, 5) is 0. The van der Waals surface area contributed by atoms with Crippen LogP contribution in [0.5, 0.6) is 0 Å². The van der Waals surface area contributed by atoms with E-state index in [0.29, 0.717) is 12.5 Å². The molecule has 2 aliphatic rings. The molecule has 1 heteroatoms. The summed E-state index contributed by atoms with van der Waals surface area (Å²) in [5.41, 5.74) is 3.31. The van der Waals surface area contributed by atoms with Crippen LogP contribution in [0, 0.1) is 11.3 Å². The second kappa shape index (κ2) is 2.65. The van der Waals surface area contributed by atoms with Gasteiger partial charge in [0.05, 0.1) is 6.61 Å². The Bertz CT molecular complexity index is 412. The molecule has 1 aromatic rings. The maximum Gasteiger partial charge on any atom is 0.0501 e. The fourth-order valence-corrected chi connectivity index (χ4v) is 4.11. The van der Waals surface area contributed by atoms with E-state index in [4.69, 9.17) is 0 Å². The van der Waals surface area contributed by atoms with E-state index in [2.05, 4.69) is 38.1 Å². The van der Waals surface area contributed by atoms with Crippen molar-refractivity contribution in [1.82, 2.24) is 0 Å². The summed E-state index contributed by atoms with van der Waals surface area (Å²) in [5, 5.41) is 9.75. The van der Waals surface area contributed by atoms with Gasteiger partial charge in [-0.15, -0.1) is 0 Å². The Balaban J connectivity index is 2.16. The van der Waals surface area contributed by atoms with Crippen molar-refractivity contribution in [1.29, 1.82) is 0 Å². The monoisotopic (exact) mass is 202 g/mol. The molecule has 0 amide bonds. The lowest BCUT2D eigenvalue weighted by atomic mass is 9.45. The van der Waals surface area contributed by atoms with E-state index in [1.807, 2.05) is 0 Å². The minimum Gasteiger partial charge on any atom is -0.396 e. The number of rotatable bonds is 1. The molecule has 0 bridgehead atoms. The highest BCUT2D eigenvalue weighted by atomic mass is 16.3. The van der Waals surface area contributed by atoms with Crippen LogP contribution in [0.25, 0.3) is 0 Å². The van der Waals surface area contributed by atoms with Gasteiger partial charge in [0.25, 0.3) is 0 Å². The van der Waals surface area contributed by atoms with Crippen LogP contribution in [0.3, 0.4) is 0 Å². The Kier molecular flexibility index (Phi) is 1.66. The Morgan fingerprint density at radius 1 is 1.40 bits per heavy atom. The highest BCUT2D eigenvalue weighted by molar-refractivity contribution is 5.46. The lowest BCUT2D eigenvalue weighted by Crippen LogP contribution is -2.58. The van der Waals surface area contributed by atoms with Gasteiger partial charge in [-0.1, -0.05) is 38.1 Å². The molecule has 2 aliphatic carbocycles. The van der Waals surface area contributed by atoms with Gasteiger partial charge in [0, 0.05) is 10.8 Å². The maximum atomic E-state index is 9.75. The maximum absolute atomic E-state index is 9.75. The number of aliphatic hydroxyl groups excluding tert-OH is 1. The zero-order chi connectivity index (χ0) is 10.7. The summed E-state index contributed by atoms with van der Waals surface area (Å²) in [5.74, 6) is 0.653. The lowest BCUT2D eigenvalue weighted by molar-refractivity contribution is -0.0895. The quantitative estimate of drug-likeness (QED) is 0.742. The van der Waals surface area contributed by atoms with Crippen LogP contribution in [-0.2, 0) is 11.8 Å². The van der Waals surface area contributed by atoms with Gasteiger partial charge < -0.3 is 5.11 Å². The van der Waals surface area contributed by atoms with Crippen LogP contribution in [-0.4, -0.2) is 11.7 Å². The normalized spacial score (nSPS) is 41.9. The second-order valence-corrected chi connectivity index (χ2v) is 5.59. The molecule has 0 heterocycles. The van der Waals surface area contributed by atoms with Crippen LogP contribution in [0.2, 0.25) is 0 Å². The van der Waals surface area contributed by atoms with Crippen molar-refractivity contribution in [3.8, 4) is 0 Å². The van der Waals surface area contributed by atoms with Crippen molar-refractivity contribution >= 4 is 0 Å². The van der Waals surface area contributed by atoms with Crippen LogP contribution < -0.4 is 0 Å². The Hall–Kier alpha value is -0.820. The topological polar surface area (TPSA) is 20.2 Å². The van der Waals surface area contributed by atoms with Gasteiger partial charge >= 0.3 is 0 Å².